The molecular formula is C19H25N3O. The summed E-state index contributed by atoms with van der Waals surface area (Å²) in [7, 11) is 0. The third-order valence-electron chi connectivity index (χ3n) is 4.43. The maximum atomic E-state index is 6.24. The van der Waals surface area contributed by atoms with Crippen LogP contribution in [0.4, 0.5) is 5.82 Å². The van der Waals surface area contributed by atoms with Gasteiger partial charge in [0.1, 0.15) is 17.7 Å². The standard InChI is InChI=1S/C19H25N3O/c1-13-5-6-14(2)18(11-13)23-17-7-9-22(10-8-17)19-16(4)20-12-15(3)21-19/h5-6,11-12,17H,7-10H2,1-4H3. The fourth-order valence-electron chi connectivity index (χ4n) is 3.02. The van der Waals surface area contributed by atoms with E-state index >= 15 is 0 Å². The number of nitrogens with zero attached hydrogens (tertiary/aromatic N) is 3. The summed E-state index contributed by atoms with van der Waals surface area (Å²) in [6, 6.07) is 6.40. The molecule has 0 unspecified atom stereocenters. The maximum Gasteiger partial charge on any atom is 0.150 e. The van der Waals surface area contributed by atoms with Gasteiger partial charge < -0.3 is 9.64 Å². The molecule has 1 aliphatic heterocycles. The van der Waals surface area contributed by atoms with E-state index in [4.69, 9.17) is 4.74 Å². The van der Waals surface area contributed by atoms with Crippen molar-refractivity contribution in [1.82, 2.24) is 9.97 Å². The van der Waals surface area contributed by atoms with Crippen LogP contribution in [-0.4, -0.2) is 29.2 Å². The highest BCUT2D eigenvalue weighted by Crippen LogP contribution is 2.26. The minimum Gasteiger partial charge on any atom is -0.490 e. The number of rotatable bonds is 3. The Bertz CT molecular complexity index is 691. The zero-order valence-electron chi connectivity index (χ0n) is 14.5. The fourth-order valence-corrected chi connectivity index (χ4v) is 3.02. The number of aryl methyl sites for hydroxylation is 4. The average Bonchev–Trinajstić information content (AvgIpc) is 2.54. The van der Waals surface area contributed by atoms with Crippen LogP contribution in [0.5, 0.6) is 5.75 Å². The monoisotopic (exact) mass is 311 g/mol. The second kappa shape index (κ2) is 6.57. The average molecular weight is 311 g/mol. The Morgan fingerprint density at radius 2 is 1.83 bits per heavy atom. The fraction of sp³-hybridized carbons (Fsp3) is 0.474. The summed E-state index contributed by atoms with van der Waals surface area (Å²) < 4.78 is 6.24. The van der Waals surface area contributed by atoms with Crippen LogP contribution in [0.25, 0.3) is 0 Å². The number of hydrogen-bond acceptors (Lipinski definition) is 4. The zero-order valence-corrected chi connectivity index (χ0v) is 14.5. The number of benzene rings is 1. The van der Waals surface area contributed by atoms with Crippen LogP contribution < -0.4 is 9.64 Å². The summed E-state index contributed by atoms with van der Waals surface area (Å²) in [5.74, 6) is 2.05. The molecule has 0 saturated carbocycles. The van der Waals surface area contributed by atoms with Crippen molar-refractivity contribution in [2.24, 2.45) is 0 Å². The third kappa shape index (κ3) is 3.63. The second-order valence-corrected chi connectivity index (χ2v) is 6.49. The zero-order chi connectivity index (χ0) is 16.4. The molecule has 1 aromatic heterocycles. The summed E-state index contributed by atoms with van der Waals surface area (Å²) in [6.07, 6.45) is 4.14. The molecule has 1 aliphatic rings. The predicted octanol–water partition coefficient (Wildman–Crippen LogP) is 3.76. The van der Waals surface area contributed by atoms with E-state index in [0.717, 1.165) is 48.9 Å². The Hall–Kier alpha value is -2.10. The number of anilines is 1. The van der Waals surface area contributed by atoms with Gasteiger partial charge in [-0.1, -0.05) is 12.1 Å². The van der Waals surface area contributed by atoms with E-state index < -0.39 is 0 Å². The van der Waals surface area contributed by atoms with Gasteiger partial charge in [0.05, 0.1) is 11.4 Å². The third-order valence-corrected chi connectivity index (χ3v) is 4.43. The molecule has 1 fully saturated rings. The molecule has 0 atom stereocenters. The van der Waals surface area contributed by atoms with Gasteiger partial charge in [-0.15, -0.1) is 0 Å². The predicted molar refractivity (Wildman–Crippen MR) is 93.3 cm³/mol. The van der Waals surface area contributed by atoms with Gasteiger partial charge in [-0.05, 0) is 44.9 Å². The molecule has 0 N–H and O–H groups in total. The first-order valence-corrected chi connectivity index (χ1v) is 8.32. The summed E-state index contributed by atoms with van der Waals surface area (Å²) in [6.45, 7) is 10.2. The van der Waals surface area contributed by atoms with Crippen LogP contribution >= 0.6 is 0 Å². The quantitative estimate of drug-likeness (QED) is 0.865. The molecule has 2 heterocycles. The lowest BCUT2D eigenvalue weighted by molar-refractivity contribution is 0.169. The van der Waals surface area contributed by atoms with Crippen molar-refractivity contribution >= 4 is 5.82 Å². The first-order valence-electron chi connectivity index (χ1n) is 8.32. The minimum absolute atomic E-state index is 0.282. The Kier molecular flexibility index (Phi) is 4.51. The highest BCUT2D eigenvalue weighted by atomic mass is 16.5. The van der Waals surface area contributed by atoms with Gasteiger partial charge in [0.25, 0.3) is 0 Å². The van der Waals surface area contributed by atoms with Crippen LogP contribution in [0.15, 0.2) is 24.4 Å². The van der Waals surface area contributed by atoms with Crippen molar-refractivity contribution in [1.29, 1.82) is 0 Å². The van der Waals surface area contributed by atoms with E-state index in [1.165, 1.54) is 11.1 Å². The molecule has 0 amide bonds. The van der Waals surface area contributed by atoms with Crippen molar-refractivity contribution in [3.05, 3.63) is 46.9 Å². The van der Waals surface area contributed by atoms with Crippen LogP contribution in [-0.2, 0) is 0 Å². The normalized spacial score (nSPS) is 15.7. The molecule has 3 rings (SSSR count). The van der Waals surface area contributed by atoms with Gasteiger partial charge in [0.2, 0.25) is 0 Å². The van der Waals surface area contributed by atoms with E-state index in [1.54, 1.807) is 0 Å². The van der Waals surface area contributed by atoms with Crippen LogP contribution in [0.3, 0.4) is 0 Å². The molecule has 2 aromatic rings. The van der Waals surface area contributed by atoms with Gasteiger partial charge in [-0.3, -0.25) is 4.98 Å². The maximum absolute atomic E-state index is 6.24. The van der Waals surface area contributed by atoms with Gasteiger partial charge in [-0.2, -0.15) is 0 Å². The Morgan fingerprint density at radius 3 is 2.57 bits per heavy atom. The van der Waals surface area contributed by atoms with Crippen LogP contribution in [0.1, 0.15) is 35.4 Å². The van der Waals surface area contributed by atoms with Crippen molar-refractivity contribution in [2.75, 3.05) is 18.0 Å². The molecule has 1 saturated heterocycles. The van der Waals surface area contributed by atoms with Gasteiger partial charge in [-0.25, -0.2) is 4.98 Å². The lowest BCUT2D eigenvalue weighted by Gasteiger charge is -2.33. The van der Waals surface area contributed by atoms with Crippen molar-refractivity contribution < 1.29 is 4.74 Å². The largest absolute Gasteiger partial charge is 0.490 e. The van der Waals surface area contributed by atoms with Gasteiger partial charge in [0, 0.05) is 32.1 Å². The van der Waals surface area contributed by atoms with Crippen LogP contribution in [0, 0.1) is 27.7 Å². The smallest absolute Gasteiger partial charge is 0.150 e. The number of hydrogen-bond donors (Lipinski definition) is 0. The molecule has 0 spiro atoms. The Morgan fingerprint density at radius 1 is 1.09 bits per heavy atom. The molecule has 4 heteroatoms. The number of ether oxygens (including phenoxy) is 1. The lowest BCUT2D eigenvalue weighted by Crippen LogP contribution is -2.39. The summed E-state index contributed by atoms with van der Waals surface area (Å²) >= 11 is 0. The van der Waals surface area contributed by atoms with Crippen LogP contribution in [0.2, 0.25) is 0 Å². The van der Waals surface area contributed by atoms with Crippen molar-refractivity contribution in [2.45, 2.75) is 46.6 Å². The lowest BCUT2D eigenvalue weighted by atomic mass is 10.1. The van der Waals surface area contributed by atoms with Gasteiger partial charge >= 0.3 is 0 Å². The molecule has 122 valence electrons. The SMILES string of the molecule is Cc1ccc(C)c(OC2CCN(c3nc(C)cnc3C)CC2)c1. The van der Waals surface area contributed by atoms with Gasteiger partial charge in [0.15, 0.2) is 0 Å². The highest BCUT2D eigenvalue weighted by Gasteiger charge is 2.23. The number of aromatic nitrogens is 2. The topological polar surface area (TPSA) is 38.2 Å². The molecule has 0 bridgehead atoms. The molecule has 0 aliphatic carbocycles. The van der Waals surface area contributed by atoms with E-state index in [1.807, 2.05) is 20.0 Å². The first kappa shape index (κ1) is 15.8. The summed E-state index contributed by atoms with van der Waals surface area (Å²) in [5, 5.41) is 0. The molecule has 4 nitrogen and oxygen atoms in total. The Labute approximate surface area is 138 Å². The van der Waals surface area contributed by atoms with E-state index in [9.17, 15) is 0 Å². The van der Waals surface area contributed by atoms with Crippen molar-refractivity contribution in [3.8, 4) is 5.75 Å². The Balaban J connectivity index is 1.64. The minimum atomic E-state index is 0.282. The number of piperidine rings is 1. The second-order valence-electron chi connectivity index (χ2n) is 6.49. The molecule has 0 radical (unpaired) electrons. The molecular weight excluding hydrogens is 286 g/mol. The van der Waals surface area contributed by atoms with E-state index in [2.05, 4.69) is 46.9 Å². The van der Waals surface area contributed by atoms with Crippen molar-refractivity contribution in [3.63, 3.8) is 0 Å². The van der Waals surface area contributed by atoms with E-state index in [-0.39, 0.29) is 6.10 Å². The molecule has 23 heavy (non-hydrogen) atoms. The summed E-state index contributed by atoms with van der Waals surface area (Å²) in [4.78, 5) is 11.4. The summed E-state index contributed by atoms with van der Waals surface area (Å²) in [5.41, 5.74) is 4.43. The first-order chi connectivity index (χ1) is 11.0. The van der Waals surface area contributed by atoms with E-state index in [0.29, 0.717) is 0 Å². The highest BCUT2D eigenvalue weighted by molar-refractivity contribution is 5.43. The molecule has 1 aromatic carbocycles.